The Bertz CT molecular complexity index is 732. The molecule has 0 aliphatic carbocycles. The topological polar surface area (TPSA) is 90.7 Å². The second-order valence-corrected chi connectivity index (χ2v) is 5.37. The number of hydrogen-bond acceptors (Lipinski definition) is 4. The molecule has 0 saturated carbocycles. The van der Waals surface area contributed by atoms with Crippen LogP contribution in [-0.4, -0.2) is 25.5 Å². The molecule has 0 aliphatic heterocycles. The highest BCUT2D eigenvalue weighted by Crippen LogP contribution is 2.28. The fraction of sp³-hybridized carbons (Fsp3) is 0.176. The Morgan fingerprint density at radius 2 is 1.83 bits per heavy atom. The maximum absolute atomic E-state index is 12.2. The molecule has 0 unspecified atom stereocenters. The van der Waals surface area contributed by atoms with Gasteiger partial charge in [0.2, 0.25) is 0 Å². The summed E-state index contributed by atoms with van der Waals surface area (Å²) in [6, 6.07) is 11.9. The number of hydrogen-bond donors (Lipinski definition) is 2. The molecule has 2 amide bonds. The van der Waals surface area contributed by atoms with E-state index < -0.39 is 5.91 Å². The molecule has 24 heavy (non-hydrogen) atoms. The van der Waals surface area contributed by atoms with Crippen LogP contribution in [0, 0.1) is 0 Å². The van der Waals surface area contributed by atoms with E-state index in [1.807, 2.05) is 12.1 Å². The van der Waals surface area contributed by atoms with Crippen molar-refractivity contribution in [3.8, 4) is 11.5 Å². The summed E-state index contributed by atoms with van der Waals surface area (Å²) in [5, 5.41) is 3.44. The minimum atomic E-state index is -0.596. The van der Waals surface area contributed by atoms with Crippen molar-refractivity contribution in [2.45, 2.75) is 6.54 Å². The van der Waals surface area contributed by atoms with E-state index in [0.717, 1.165) is 5.56 Å². The van der Waals surface area contributed by atoms with Crippen LogP contribution in [0.5, 0.6) is 11.5 Å². The van der Waals surface area contributed by atoms with Crippen LogP contribution < -0.4 is 20.5 Å². The van der Waals surface area contributed by atoms with Gasteiger partial charge in [-0.05, 0) is 35.9 Å². The second kappa shape index (κ2) is 8.21. The van der Waals surface area contributed by atoms with Crippen molar-refractivity contribution in [1.82, 2.24) is 5.32 Å². The Morgan fingerprint density at radius 1 is 1.12 bits per heavy atom. The summed E-state index contributed by atoms with van der Waals surface area (Å²) < 4.78 is 10.4. The third-order valence-electron chi connectivity index (χ3n) is 3.16. The van der Waals surface area contributed by atoms with E-state index in [1.54, 1.807) is 24.3 Å². The Balaban J connectivity index is 2.03. The molecule has 0 spiro atoms. The monoisotopic (exact) mass is 348 g/mol. The third kappa shape index (κ3) is 4.89. The Kier molecular flexibility index (Phi) is 6.03. The number of nitrogens with one attached hydrogen (secondary N) is 1. The van der Waals surface area contributed by atoms with Crippen molar-refractivity contribution in [2.75, 3.05) is 13.7 Å². The zero-order valence-corrected chi connectivity index (χ0v) is 13.8. The molecule has 2 aromatic rings. The smallest absolute Gasteiger partial charge is 0.255 e. The molecule has 0 aromatic heterocycles. The number of ether oxygens (including phenoxy) is 2. The van der Waals surface area contributed by atoms with Gasteiger partial charge in [0.15, 0.2) is 18.1 Å². The summed E-state index contributed by atoms with van der Waals surface area (Å²) in [5.74, 6) is -0.174. The lowest BCUT2D eigenvalue weighted by Gasteiger charge is -2.11. The third-order valence-corrected chi connectivity index (χ3v) is 3.41. The molecule has 0 radical (unpaired) electrons. The Morgan fingerprint density at radius 3 is 2.46 bits per heavy atom. The molecule has 126 valence electrons. The van der Waals surface area contributed by atoms with Gasteiger partial charge in [0.05, 0.1) is 7.11 Å². The van der Waals surface area contributed by atoms with Gasteiger partial charge in [-0.1, -0.05) is 23.7 Å². The first kappa shape index (κ1) is 17.6. The number of benzene rings is 2. The quantitative estimate of drug-likeness (QED) is 0.802. The van der Waals surface area contributed by atoms with Crippen molar-refractivity contribution in [2.24, 2.45) is 5.73 Å². The first-order valence-electron chi connectivity index (χ1n) is 7.11. The van der Waals surface area contributed by atoms with E-state index in [0.29, 0.717) is 28.6 Å². The summed E-state index contributed by atoms with van der Waals surface area (Å²) in [5.41, 5.74) is 6.38. The van der Waals surface area contributed by atoms with Gasteiger partial charge in [-0.15, -0.1) is 0 Å². The number of methoxy groups -OCH3 is 1. The van der Waals surface area contributed by atoms with E-state index in [1.165, 1.54) is 13.2 Å². The SMILES string of the molecule is COc1cc(C(=O)NCc2ccc(Cl)cc2)ccc1OCC(N)=O. The highest BCUT2D eigenvalue weighted by Gasteiger charge is 2.12. The molecule has 2 aromatic carbocycles. The number of nitrogens with two attached hydrogens (primary N) is 1. The first-order valence-corrected chi connectivity index (χ1v) is 7.49. The van der Waals surface area contributed by atoms with Crippen LogP contribution in [0.4, 0.5) is 0 Å². The van der Waals surface area contributed by atoms with Crippen LogP contribution >= 0.6 is 11.6 Å². The van der Waals surface area contributed by atoms with Crippen LogP contribution in [0.3, 0.4) is 0 Å². The molecule has 7 heteroatoms. The van der Waals surface area contributed by atoms with E-state index in [-0.39, 0.29) is 12.5 Å². The van der Waals surface area contributed by atoms with E-state index in [9.17, 15) is 9.59 Å². The molecule has 6 nitrogen and oxygen atoms in total. The van der Waals surface area contributed by atoms with Crippen LogP contribution in [-0.2, 0) is 11.3 Å². The average Bonchev–Trinajstić information content (AvgIpc) is 2.59. The van der Waals surface area contributed by atoms with Crippen LogP contribution in [0.2, 0.25) is 5.02 Å². The number of rotatable bonds is 7. The minimum absolute atomic E-state index is 0.260. The van der Waals surface area contributed by atoms with Crippen LogP contribution in [0.25, 0.3) is 0 Å². The van der Waals surface area contributed by atoms with Crippen molar-refractivity contribution in [3.63, 3.8) is 0 Å². The fourth-order valence-corrected chi connectivity index (χ4v) is 2.09. The summed E-state index contributed by atoms with van der Waals surface area (Å²) in [7, 11) is 1.45. The van der Waals surface area contributed by atoms with Gasteiger partial charge in [-0.25, -0.2) is 0 Å². The molecule has 0 saturated heterocycles. The number of carbonyl (C=O) groups is 2. The molecule has 0 bridgehead atoms. The van der Waals surface area contributed by atoms with Crippen LogP contribution in [0.15, 0.2) is 42.5 Å². The number of carbonyl (C=O) groups excluding carboxylic acids is 2. The number of amides is 2. The second-order valence-electron chi connectivity index (χ2n) is 4.93. The molecule has 0 atom stereocenters. The maximum atomic E-state index is 12.2. The average molecular weight is 349 g/mol. The van der Waals surface area contributed by atoms with Crippen molar-refractivity contribution < 1.29 is 19.1 Å². The molecule has 0 fully saturated rings. The van der Waals surface area contributed by atoms with E-state index >= 15 is 0 Å². The van der Waals surface area contributed by atoms with Gasteiger partial charge < -0.3 is 20.5 Å². The lowest BCUT2D eigenvalue weighted by Crippen LogP contribution is -2.23. The zero-order valence-electron chi connectivity index (χ0n) is 13.0. The zero-order chi connectivity index (χ0) is 17.5. The largest absolute Gasteiger partial charge is 0.493 e. The molecular weight excluding hydrogens is 332 g/mol. The van der Waals surface area contributed by atoms with Crippen LogP contribution in [0.1, 0.15) is 15.9 Å². The van der Waals surface area contributed by atoms with Crippen molar-refractivity contribution >= 4 is 23.4 Å². The maximum Gasteiger partial charge on any atom is 0.255 e. The molecule has 3 N–H and O–H groups in total. The number of halogens is 1. The van der Waals surface area contributed by atoms with Gasteiger partial charge in [-0.2, -0.15) is 0 Å². The van der Waals surface area contributed by atoms with E-state index in [4.69, 9.17) is 26.8 Å². The molecular formula is C17H17ClN2O4. The Labute approximate surface area is 144 Å². The van der Waals surface area contributed by atoms with Crippen molar-refractivity contribution in [1.29, 1.82) is 0 Å². The lowest BCUT2D eigenvalue weighted by atomic mass is 10.1. The molecule has 2 rings (SSSR count). The van der Waals surface area contributed by atoms with Gasteiger partial charge in [0, 0.05) is 17.1 Å². The Hall–Kier alpha value is -2.73. The normalized spacial score (nSPS) is 10.1. The standard InChI is InChI=1S/C17H17ClN2O4/c1-23-15-8-12(4-7-14(15)24-10-16(19)21)17(22)20-9-11-2-5-13(18)6-3-11/h2-8H,9-10H2,1H3,(H2,19,21)(H,20,22). The summed E-state index contributed by atoms with van der Waals surface area (Å²) in [6.45, 7) is 0.108. The minimum Gasteiger partial charge on any atom is -0.493 e. The predicted molar refractivity (Wildman–Crippen MR) is 90.3 cm³/mol. The van der Waals surface area contributed by atoms with E-state index in [2.05, 4.69) is 5.32 Å². The van der Waals surface area contributed by atoms with Gasteiger partial charge in [0.1, 0.15) is 0 Å². The summed E-state index contributed by atoms with van der Waals surface area (Å²) in [4.78, 5) is 23.0. The van der Waals surface area contributed by atoms with Gasteiger partial charge >= 0.3 is 0 Å². The molecule has 0 heterocycles. The molecule has 0 aliphatic rings. The highest BCUT2D eigenvalue weighted by atomic mass is 35.5. The first-order chi connectivity index (χ1) is 11.5. The highest BCUT2D eigenvalue weighted by molar-refractivity contribution is 6.30. The fourth-order valence-electron chi connectivity index (χ4n) is 1.96. The van der Waals surface area contributed by atoms with Crippen molar-refractivity contribution in [3.05, 3.63) is 58.6 Å². The summed E-state index contributed by atoms with van der Waals surface area (Å²) in [6.07, 6.45) is 0. The van der Waals surface area contributed by atoms with Gasteiger partial charge in [0.25, 0.3) is 11.8 Å². The number of primary amides is 1. The lowest BCUT2D eigenvalue weighted by molar-refractivity contribution is -0.119. The predicted octanol–water partition coefficient (Wildman–Crippen LogP) is 2.14. The summed E-state index contributed by atoms with van der Waals surface area (Å²) >= 11 is 5.82. The van der Waals surface area contributed by atoms with Gasteiger partial charge in [-0.3, -0.25) is 9.59 Å².